The number of anilines is 1. The molecular formula is C14H20N4O. The van der Waals surface area contributed by atoms with E-state index < -0.39 is 0 Å². The van der Waals surface area contributed by atoms with E-state index in [4.69, 9.17) is 5.26 Å². The molecule has 0 saturated heterocycles. The molecule has 2 N–H and O–H groups in total. The first-order valence-electron chi connectivity index (χ1n) is 6.44. The van der Waals surface area contributed by atoms with Crippen molar-refractivity contribution in [2.75, 3.05) is 18.4 Å². The molecule has 1 aromatic heterocycles. The van der Waals surface area contributed by atoms with Crippen molar-refractivity contribution in [2.45, 2.75) is 33.1 Å². The van der Waals surface area contributed by atoms with Crippen molar-refractivity contribution >= 4 is 11.7 Å². The van der Waals surface area contributed by atoms with Crippen LogP contribution in [0.3, 0.4) is 0 Å². The lowest BCUT2D eigenvalue weighted by Gasteiger charge is -2.11. The third kappa shape index (κ3) is 4.96. The maximum absolute atomic E-state index is 10.7. The molecule has 0 aliphatic rings. The summed E-state index contributed by atoms with van der Waals surface area (Å²) in [4.78, 5) is 15.2. The highest BCUT2D eigenvalue weighted by molar-refractivity contribution is 5.72. The molecule has 19 heavy (non-hydrogen) atoms. The number of nitrogens with zero attached hydrogens (tertiary/aromatic N) is 2. The first-order valence-corrected chi connectivity index (χ1v) is 6.44. The maximum Gasteiger partial charge on any atom is 0.216 e. The van der Waals surface area contributed by atoms with Crippen molar-refractivity contribution in [3.05, 3.63) is 23.4 Å². The monoisotopic (exact) mass is 260 g/mol. The van der Waals surface area contributed by atoms with Crippen LogP contribution in [0.1, 0.15) is 44.4 Å². The van der Waals surface area contributed by atoms with Crippen LogP contribution in [-0.2, 0) is 4.79 Å². The van der Waals surface area contributed by atoms with E-state index in [0.717, 1.165) is 12.1 Å². The number of nitriles is 1. The Morgan fingerprint density at radius 2 is 2.16 bits per heavy atom. The molecule has 0 unspecified atom stereocenters. The van der Waals surface area contributed by atoms with Crippen molar-refractivity contribution in [1.29, 1.82) is 5.26 Å². The zero-order chi connectivity index (χ0) is 14.3. The van der Waals surface area contributed by atoms with Crippen molar-refractivity contribution in [3.63, 3.8) is 0 Å². The standard InChI is InChI=1S/C14H20N4O/c1-10(2)13-6-5-12(9-15)14(18-13)17-8-4-7-16-11(3)19/h5-6,10H,4,7-8H2,1-3H3,(H,16,19)(H,17,18). The highest BCUT2D eigenvalue weighted by Gasteiger charge is 2.07. The number of nitrogens with one attached hydrogen (secondary N) is 2. The van der Waals surface area contributed by atoms with Gasteiger partial charge < -0.3 is 10.6 Å². The predicted octanol–water partition coefficient (Wildman–Crippen LogP) is 2.01. The Morgan fingerprint density at radius 3 is 2.74 bits per heavy atom. The number of aromatic nitrogens is 1. The highest BCUT2D eigenvalue weighted by atomic mass is 16.1. The average molecular weight is 260 g/mol. The van der Waals surface area contributed by atoms with Crippen LogP contribution in [0.5, 0.6) is 0 Å². The molecule has 0 atom stereocenters. The Hall–Kier alpha value is -2.09. The Bertz CT molecular complexity index is 477. The van der Waals surface area contributed by atoms with E-state index in [-0.39, 0.29) is 5.91 Å². The second-order valence-corrected chi connectivity index (χ2v) is 4.66. The first kappa shape index (κ1) is 15.0. The van der Waals surface area contributed by atoms with Crippen LogP contribution in [0.2, 0.25) is 0 Å². The summed E-state index contributed by atoms with van der Waals surface area (Å²) in [5.74, 6) is 0.918. The Labute approximate surface area is 114 Å². The molecule has 0 radical (unpaired) electrons. The summed E-state index contributed by atoms with van der Waals surface area (Å²) in [6.45, 7) is 6.91. The fourth-order valence-corrected chi connectivity index (χ4v) is 1.58. The van der Waals surface area contributed by atoms with Gasteiger partial charge in [0.1, 0.15) is 11.9 Å². The van der Waals surface area contributed by atoms with E-state index in [9.17, 15) is 4.79 Å². The molecule has 0 aliphatic heterocycles. The minimum Gasteiger partial charge on any atom is -0.369 e. The molecule has 0 fully saturated rings. The van der Waals surface area contributed by atoms with E-state index >= 15 is 0 Å². The van der Waals surface area contributed by atoms with Gasteiger partial charge in [-0.2, -0.15) is 5.26 Å². The molecule has 0 aliphatic carbocycles. The molecule has 1 amide bonds. The quantitative estimate of drug-likeness (QED) is 0.767. The Morgan fingerprint density at radius 1 is 1.42 bits per heavy atom. The van der Waals surface area contributed by atoms with Gasteiger partial charge in [-0.3, -0.25) is 4.79 Å². The predicted molar refractivity (Wildman–Crippen MR) is 74.8 cm³/mol. The number of pyridine rings is 1. The molecule has 5 nitrogen and oxygen atoms in total. The topological polar surface area (TPSA) is 77.8 Å². The van der Waals surface area contributed by atoms with Crippen molar-refractivity contribution in [1.82, 2.24) is 10.3 Å². The second kappa shape index (κ2) is 7.37. The van der Waals surface area contributed by atoms with Gasteiger partial charge in [0.25, 0.3) is 0 Å². The Kier molecular flexibility index (Phi) is 5.80. The summed E-state index contributed by atoms with van der Waals surface area (Å²) in [5.41, 5.74) is 1.51. The third-order valence-corrected chi connectivity index (χ3v) is 2.65. The normalized spacial score (nSPS) is 10.1. The van der Waals surface area contributed by atoms with E-state index in [2.05, 4.69) is 35.5 Å². The van der Waals surface area contributed by atoms with Gasteiger partial charge in [-0.1, -0.05) is 13.8 Å². The molecule has 0 saturated carbocycles. The van der Waals surface area contributed by atoms with E-state index in [1.54, 1.807) is 6.07 Å². The smallest absolute Gasteiger partial charge is 0.216 e. The van der Waals surface area contributed by atoms with Gasteiger partial charge in [-0.25, -0.2) is 4.98 Å². The minimum absolute atomic E-state index is 0.0300. The molecule has 102 valence electrons. The fourth-order valence-electron chi connectivity index (χ4n) is 1.58. The summed E-state index contributed by atoms with van der Waals surface area (Å²) in [7, 11) is 0. The number of carbonyl (C=O) groups is 1. The molecule has 0 spiro atoms. The van der Waals surface area contributed by atoms with Crippen LogP contribution in [0, 0.1) is 11.3 Å². The molecular weight excluding hydrogens is 240 g/mol. The fraction of sp³-hybridized carbons (Fsp3) is 0.500. The minimum atomic E-state index is -0.0300. The van der Waals surface area contributed by atoms with Gasteiger partial charge >= 0.3 is 0 Å². The lowest BCUT2D eigenvalue weighted by molar-refractivity contribution is -0.118. The summed E-state index contributed by atoms with van der Waals surface area (Å²) in [6, 6.07) is 5.80. The van der Waals surface area contributed by atoms with Gasteiger partial charge in [0.05, 0.1) is 5.56 Å². The Balaban J connectivity index is 2.58. The van der Waals surface area contributed by atoms with Crippen molar-refractivity contribution in [2.24, 2.45) is 0 Å². The zero-order valence-corrected chi connectivity index (χ0v) is 11.7. The van der Waals surface area contributed by atoms with Gasteiger partial charge in [0.2, 0.25) is 5.91 Å². The number of hydrogen-bond donors (Lipinski definition) is 2. The van der Waals surface area contributed by atoms with Crippen LogP contribution >= 0.6 is 0 Å². The van der Waals surface area contributed by atoms with E-state index in [0.29, 0.717) is 30.4 Å². The van der Waals surface area contributed by atoms with Crippen LogP contribution in [0.4, 0.5) is 5.82 Å². The lowest BCUT2D eigenvalue weighted by Crippen LogP contribution is -2.23. The molecule has 1 rings (SSSR count). The zero-order valence-electron chi connectivity index (χ0n) is 11.7. The summed E-state index contributed by atoms with van der Waals surface area (Å²) >= 11 is 0. The van der Waals surface area contributed by atoms with Gasteiger partial charge in [-0.15, -0.1) is 0 Å². The van der Waals surface area contributed by atoms with E-state index in [1.807, 2.05) is 6.07 Å². The van der Waals surface area contributed by atoms with Crippen molar-refractivity contribution in [3.8, 4) is 6.07 Å². The summed E-state index contributed by atoms with van der Waals surface area (Å²) in [5, 5.41) is 14.9. The molecule has 0 aromatic carbocycles. The van der Waals surface area contributed by atoms with Crippen LogP contribution in [-0.4, -0.2) is 24.0 Å². The van der Waals surface area contributed by atoms with Crippen LogP contribution < -0.4 is 10.6 Å². The molecule has 0 bridgehead atoms. The van der Waals surface area contributed by atoms with E-state index in [1.165, 1.54) is 6.92 Å². The molecule has 1 aromatic rings. The van der Waals surface area contributed by atoms with Gasteiger partial charge in [0, 0.05) is 25.7 Å². The van der Waals surface area contributed by atoms with Crippen LogP contribution in [0.15, 0.2) is 12.1 Å². The number of rotatable bonds is 6. The van der Waals surface area contributed by atoms with Crippen molar-refractivity contribution < 1.29 is 4.79 Å². The number of amides is 1. The largest absolute Gasteiger partial charge is 0.369 e. The van der Waals surface area contributed by atoms with Gasteiger partial charge in [-0.05, 0) is 24.5 Å². The summed E-state index contributed by atoms with van der Waals surface area (Å²) in [6.07, 6.45) is 0.790. The lowest BCUT2D eigenvalue weighted by atomic mass is 10.1. The SMILES string of the molecule is CC(=O)NCCCNc1nc(C(C)C)ccc1C#N. The average Bonchev–Trinajstić information content (AvgIpc) is 2.37. The number of hydrogen-bond acceptors (Lipinski definition) is 4. The van der Waals surface area contributed by atoms with Crippen LogP contribution in [0.25, 0.3) is 0 Å². The van der Waals surface area contributed by atoms with Gasteiger partial charge in [0.15, 0.2) is 0 Å². The highest BCUT2D eigenvalue weighted by Crippen LogP contribution is 2.17. The molecule has 5 heteroatoms. The first-order chi connectivity index (χ1) is 9.04. The summed E-state index contributed by atoms with van der Waals surface area (Å²) < 4.78 is 0. The maximum atomic E-state index is 10.7. The third-order valence-electron chi connectivity index (χ3n) is 2.65. The number of carbonyl (C=O) groups excluding carboxylic acids is 1. The molecule has 1 heterocycles. The second-order valence-electron chi connectivity index (χ2n) is 4.66.